The summed E-state index contributed by atoms with van der Waals surface area (Å²) in [5, 5.41) is 43.1. The molecule has 0 aliphatic carbocycles. The molecule has 0 saturated carbocycles. The maximum absolute atomic E-state index is 11.0. The van der Waals surface area contributed by atoms with Gasteiger partial charge in [-0.1, -0.05) is 6.92 Å². The minimum atomic E-state index is -1.21. The molecule has 8 nitrogen and oxygen atoms in total. The Balaban J connectivity index is 0. The molecule has 134 valence electrons. The Morgan fingerprint density at radius 3 is 1.73 bits per heavy atom. The fourth-order valence-corrected chi connectivity index (χ4v) is 1.20. The van der Waals surface area contributed by atoms with Gasteiger partial charge in [-0.3, -0.25) is 4.79 Å². The van der Waals surface area contributed by atoms with Gasteiger partial charge < -0.3 is 36.0 Å². The molecular formula is C13H29NO7S. The fraction of sp³-hybridized carbons (Fsp3) is 0.923. The number of aliphatic hydroxyl groups is 5. The van der Waals surface area contributed by atoms with Crippen LogP contribution in [0.2, 0.25) is 0 Å². The quantitative estimate of drug-likeness (QED) is 0.176. The Labute approximate surface area is 136 Å². The lowest BCUT2D eigenvalue weighted by Gasteiger charge is -2.27. The number of aliphatic hydroxyl groups excluding tert-OH is 5. The highest BCUT2D eigenvalue weighted by atomic mass is 32.1. The predicted octanol–water partition coefficient (Wildman–Crippen LogP) is -2.11. The van der Waals surface area contributed by atoms with Crippen molar-refractivity contribution in [2.24, 2.45) is 11.1 Å². The summed E-state index contributed by atoms with van der Waals surface area (Å²) in [6.45, 7) is 0.310. The number of hydrogen-bond donors (Lipinski definition) is 7. The van der Waals surface area contributed by atoms with E-state index in [-0.39, 0.29) is 32.2 Å². The number of rotatable bonds is 10. The molecule has 0 unspecified atom stereocenters. The first kappa shape index (κ1) is 23.8. The van der Waals surface area contributed by atoms with Crippen LogP contribution in [0.5, 0.6) is 0 Å². The van der Waals surface area contributed by atoms with Crippen LogP contribution in [-0.4, -0.2) is 82.4 Å². The summed E-state index contributed by atoms with van der Waals surface area (Å²) in [6.07, 6.45) is 0.813. The minimum absolute atomic E-state index is 0.0586. The van der Waals surface area contributed by atoms with Gasteiger partial charge in [-0.25, -0.2) is 0 Å². The third kappa shape index (κ3) is 9.57. The second kappa shape index (κ2) is 13.1. The summed E-state index contributed by atoms with van der Waals surface area (Å²) < 4.78 is 4.91. The van der Waals surface area contributed by atoms with E-state index in [0.717, 1.165) is 0 Å². The van der Waals surface area contributed by atoms with Crippen molar-refractivity contribution in [1.29, 1.82) is 0 Å². The highest BCUT2D eigenvalue weighted by molar-refractivity contribution is 7.80. The molecule has 0 aromatic heterocycles. The summed E-state index contributed by atoms with van der Waals surface area (Å²) in [6, 6.07) is 0. The van der Waals surface area contributed by atoms with Crippen LogP contribution in [-0.2, 0) is 9.53 Å². The van der Waals surface area contributed by atoms with E-state index in [1.807, 2.05) is 6.92 Å². The molecule has 9 heteroatoms. The number of thiol groups is 1. The third-order valence-corrected chi connectivity index (χ3v) is 3.44. The number of hydrogen-bond acceptors (Lipinski definition) is 9. The van der Waals surface area contributed by atoms with E-state index in [2.05, 4.69) is 12.6 Å². The van der Waals surface area contributed by atoms with Crippen molar-refractivity contribution < 1.29 is 35.1 Å². The van der Waals surface area contributed by atoms with Gasteiger partial charge in [0.25, 0.3) is 0 Å². The Morgan fingerprint density at radius 1 is 1.05 bits per heavy atom. The maximum Gasteiger partial charge on any atom is 0.306 e. The van der Waals surface area contributed by atoms with Gasteiger partial charge in [0.2, 0.25) is 0 Å². The Kier molecular flexibility index (Phi) is 14.2. The topological polar surface area (TPSA) is 153 Å². The minimum Gasteiger partial charge on any atom is -0.465 e. The molecule has 0 aromatic rings. The van der Waals surface area contributed by atoms with E-state index in [4.69, 9.17) is 36.0 Å². The van der Waals surface area contributed by atoms with Gasteiger partial charge in [0.05, 0.1) is 50.4 Å². The lowest BCUT2D eigenvalue weighted by Crippen LogP contribution is -2.50. The van der Waals surface area contributed by atoms with E-state index in [9.17, 15) is 4.79 Å². The molecule has 0 heterocycles. The second-order valence-electron chi connectivity index (χ2n) is 5.14. The lowest BCUT2D eigenvalue weighted by molar-refractivity contribution is -0.149. The van der Waals surface area contributed by atoms with Crippen molar-refractivity contribution in [1.82, 2.24) is 0 Å². The lowest BCUT2D eigenvalue weighted by atomic mass is 9.88. The van der Waals surface area contributed by atoms with Gasteiger partial charge in [-0.2, -0.15) is 12.6 Å². The van der Waals surface area contributed by atoms with Crippen LogP contribution in [0.15, 0.2) is 0 Å². The van der Waals surface area contributed by atoms with Gasteiger partial charge in [0.1, 0.15) is 6.61 Å². The summed E-state index contributed by atoms with van der Waals surface area (Å²) in [5.41, 5.74) is 3.24. The monoisotopic (exact) mass is 343 g/mol. The van der Waals surface area contributed by atoms with Gasteiger partial charge in [0.15, 0.2) is 0 Å². The van der Waals surface area contributed by atoms with Crippen molar-refractivity contribution in [3.63, 3.8) is 0 Å². The van der Waals surface area contributed by atoms with E-state index in [0.29, 0.717) is 12.2 Å². The zero-order valence-electron chi connectivity index (χ0n) is 12.9. The highest BCUT2D eigenvalue weighted by Crippen LogP contribution is 2.20. The van der Waals surface area contributed by atoms with E-state index in [1.165, 1.54) is 0 Å². The summed E-state index contributed by atoms with van der Waals surface area (Å²) >= 11 is 3.89. The molecular weight excluding hydrogens is 314 g/mol. The molecule has 0 fully saturated rings. The molecule has 0 aliphatic heterocycles. The zero-order chi connectivity index (χ0) is 17.6. The van der Waals surface area contributed by atoms with Crippen LogP contribution in [0.1, 0.15) is 19.8 Å². The molecule has 0 aromatic carbocycles. The predicted molar refractivity (Wildman–Crippen MR) is 84.5 cm³/mol. The maximum atomic E-state index is 11.0. The number of nitrogens with two attached hydrogens (primary N) is 1. The third-order valence-electron chi connectivity index (χ3n) is 3.22. The second-order valence-corrected chi connectivity index (χ2v) is 5.59. The number of ether oxygens (including phenoxy) is 1. The molecule has 0 saturated heterocycles. The molecule has 0 aliphatic rings. The van der Waals surface area contributed by atoms with E-state index >= 15 is 0 Å². The number of esters is 1. The average molecular weight is 343 g/mol. The summed E-state index contributed by atoms with van der Waals surface area (Å²) in [7, 11) is 0. The van der Waals surface area contributed by atoms with Crippen LogP contribution >= 0.6 is 12.6 Å². The van der Waals surface area contributed by atoms with Gasteiger partial charge in [-0.15, -0.1) is 0 Å². The van der Waals surface area contributed by atoms with Crippen LogP contribution < -0.4 is 5.73 Å². The highest BCUT2D eigenvalue weighted by Gasteiger charge is 2.28. The van der Waals surface area contributed by atoms with Crippen molar-refractivity contribution >= 4 is 18.6 Å². The first-order chi connectivity index (χ1) is 10.3. The average Bonchev–Trinajstić information content (AvgIpc) is 2.57. The fourth-order valence-electron chi connectivity index (χ4n) is 1.01. The largest absolute Gasteiger partial charge is 0.465 e. The molecule has 7 N–H and O–H groups in total. The van der Waals surface area contributed by atoms with E-state index < -0.39 is 30.8 Å². The Bertz CT molecular complexity index is 267. The first-order valence-electron chi connectivity index (χ1n) is 6.92. The normalized spacial score (nSPS) is 11.6. The first-order valence-corrected chi connectivity index (χ1v) is 7.55. The van der Waals surface area contributed by atoms with Crippen LogP contribution in [0.3, 0.4) is 0 Å². The van der Waals surface area contributed by atoms with E-state index in [1.54, 1.807) is 0 Å². The standard InChI is InChI=1S/C9H18O4S.C4H11NO3/c1-2-9(5-10,6-11)7-13-8(12)3-4-14;5-4(1-6,2-7)3-8/h10-11,14H,2-7H2,1H3;6-8H,1-3,5H2. The van der Waals surface area contributed by atoms with Crippen molar-refractivity contribution in [2.75, 3.05) is 45.4 Å². The molecule has 0 rings (SSSR count). The van der Waals surface area contributed by atoms with Crippen LogP contribution in [0, 0.1) is 5.41 Å². The van der Waals surface area contributed by atoms with Gasteiger partial charge in [-0.05, 0) is 6.42 Å². The smallest absolute Gasteiger partial charge is 0.306 e. The summed E-state index contributed by atoms with van der Waals surface area (Å²) in [4.78, 5) is 11.0. The molecule has 0 atom stereocenters. The summed E-state index contributed by atoms with van der Waals surface area (Å²) in [5.74, 6) is 0.0932. The number of carbonyl (C=O) groups excluding carboxylic acids is 1. The Hall–Kier alpha value is -0.420. The van der Waals surface area contributed by atoms with Crippen LogP contribution in [0.4, 0.5) is 0 Å². The zero-order valence-corrected chi connectivity index (χ0v) is 13.8. The molecule has 0 spiro atoms. The SMILES string of the molecule is CCC(CO)(CO)COC(=O)CCS.NC(CO)(CO)CO. The van der Waals surface area contributed by atoms with Crippen molar-refractivity contribution in [3.8, 4) is 0 Å². The molecule has 0 amide bonds. The van der Waals surface area contributed by atoms with Crippen LogP contribution in [0.25, 0.3) is 0 Å². The molecule has 0 bridgehead atoms. The van der Waals surface area contributed by atoms with Crippen molar-refractivity contribution in [2.45, 2.75) is 25.3 Å². The molecule has 22 heavy (non-hydrogen) atoms. The van der Waals surface area contributed by atoms with Crippen molar-refractivity contribution in [3.05, 3.63) is 0 Å². The van der Waals surface area contributed by atoms with Gasteiger partial charge >= 0.3 is 5.97 Å². The number of carbonyl (C=O) groups is 1. The molecule has 0 radical (unpaired) electrons. The Morgan fingerprint density at radius 2 is 1.50 bits per heavy atom. The van der Waals surface area contributed by atoms with Gasteiger partial charge in [0, 0.05) is 5.75 Å².